The van der Waals surface area contributed by atoms with E-state index in [9.17, 15) is 10.1 Å². The lowest BCUT2D eigenvalue weighted by Crippen LogP contribution is -1.86. The molecule has 0 atom stereocenters. The van der Waals surface area contributed by atoms with Gasteiger partial charge in [-0.15, -0.1) is 11.3 Å². The zero-order valence-electron chi connectivity index (χ0n) is 10.6. The largest absolute Gasteiger partial charge is 0.497 e. The predicted octanol–water partition coefficient (Wildman–Crippen LogP) is 3.88. The number of thiazole rings is 1. The molecular weight excluding hydrogens is 276 g/mol. The second-order valence-corrected chi connectivity index (χ2v) is 5.19. The van der Waals surface area contributed by atoms with Crippen molar-refractivity contribution in [3.63, 3.8) is 0 Å². The van der Waals surface area contributed by atoms with Crippen molar-refractivity contribution in [3.05, 3.63) is 52.6 Å². The van der Waals surface area contributed by atoms with Gasteiger partial charge in [-0.2, -0.15) is 0 Å². The van der Waals surface area contributed by atoms with Crippen molar-refractivity contribution in [2.45, 2.75) is 0 Å². The highest BCUT2D eigenvalue weighted by Crippen LogP contribution is 2.32. The van der Waals surface area contributed by atoms with Crippen LogP contribution in [0.25, 0.3) is 20.8 Å². The summed E-state index contributed by atoms with van der Waals surface area (Å²) >= 11 is 1.51. The number of nitro groups is 1. The molecule has 0 amide bonds. The minimum absolute atomic E-state index is 0.0593. The number of fused-ring (bicyclic) bond motifs is 1. The van der Waals surface area contributed by atoms with Crippen LogP contribution in [-0.4, -0.2) is 17.0 Å². The standard InChI is InChI=1S/C14H10N2O3S/c1-19-11-5-2-9(3-6-11)14-15-12-8-10(16(17)18)4-7-13(12)20-14/h2-8H,1H3. The lowest BCUT2D eigenvalue weighted by Gasteiger charge is -1.99. The molecule has 0 fully saturated rings. The molecule has 0 unspecified atom stereocenters. The van der Waals surface area contributed by atoms with Gasteiger partial charge in [0, 0.05) is 17.7 Å². The summed E-state index contributed by atoms with van der Waals surface area (Å²) in [7, 11) is 1.62. The van der Waals surface area contributed by atoms with Crippen LogP contribution < -0.4 is 4.74 Å². The molecule has 0 aliphatic heterocycles. The smallest absolute Gasteiger partial charge is 0.271 e. The fraction of sp³-hybridized carbons (Fsp3) is 0.0714. The molecule has 0 bridgehead atoms. The van der Waals surface area contributed by atoms with Gasteiger partial charge >= 0.3 is 0 Å². The number of rotatable bonds is 3. The molecule has 100 valence electrons. The first-order valence-electron chi connectivity index (χ1n) is 5.87. The summed E-state index contributed by atoms with van der Waals surface area (Å²) in [5.74, 6) is 0.783. The van der Waals surface area contributed by atoms with E-state index in [0.717, 1.165) is 21.0 Å². The van der Waals surface area contributed by atoms with Crippen LogP contribution in [0.2, 0.25) is 0 Å². The Labute approximate surface area is 118 Å². The summed E-state index contributed by atoms with van der Waals surface area (Å²) in [6, 6.07) is 12.3. The first-order chi connectivity index (χ1) is 9.67. The van der Waals surface area contributed by atoms with Crippen LogP contribution in [0.5, 0.6) is 5.75 Å². The Balaban J connectivity index is 2.05. The normalized spacial score (nSPS) is 10.7. The number of hydrogen-bond acceptors (Lipinski definition) is 5. The number of ether oxygens (including phenoxy) is 1. The highest BCUT2D eigenvalue weighted by molar-refractivity contribution is 7.21. The summed E-state index contributed by atoms with van der Waals surface area (Å²) < 4.78 is 6.05. The molecule has 0 saturated carbocycles. The third-order valence-electron chi connectivity index (χ3n) is 2.92. The molecule has 2 aromatic carbocycles. The molecule has 0 spiro atoms. The van der Waals surface area contributed by atoms with Crippen molar-refractivity contribution in [2.75, 3.05) is 7.11 Å². The molecule has 3 rings (SSSR count). The van der Waals surface area contributed by atoms with E-state index in [1.165, 1.54) is 23.5 Å². The minimum atomic E-state index is -0.411. The number of aromatic nitrogens is 1. The van der Waals surface area contributed by atoms with E-state index >= 15 is 0 Å². The zero-order chi connectivity index (χ0) is 14.1. The van der Waals surface area contributed by atoms with Crippen molar-refractivity contribution < 1.29 is 9.66 Å². The Morgan fingerprint density at radius 2 is 1.95 bits per heavy atom. The lowest BCUT2D eigenvalue weighted by molar-refractivity contribution is -0.384. The maximum Gasteiger partial charge on any atom is 0.271 e. The van der Waals surface area contributed by atoms with E-state index in [0.29, 0.717) is 5.52 Å². The van der Waals surface area contributed by atoms with E-state index in [2.05, 4.69) is 4.98 Å². The van der Waals surface area contributed by atoms with Crippen molar-refractivity contribution in [2.24, 2.45) is 0 Å². The summed E-state index contributed by atoms with van der Waals surface area (Å²) in [4.78, 5) is 14.8. The number of benzene rings is 2. The Morgan fingerprint density at radius 3 is 2.60 bits per heavy atom. The Bertz CT molecular complexity index is 781. The number of methoxy groups -OCH3 is 1. The van der Waals surface area contributed by atoms with E-state index in [1.54, 1.807) is 13.2 Å². The van der Waals surface area contributed by atoms with Crippen molar-refractivity contribution in [1.29, 1.82) is 0 Å². The fourth-order valence-corrected chi connectivity index (χ4v) is 2.84. The summed E-state index contributed by atoms with van der Waals surface area (Å²) in [6.07, 6.45) is 0. The first-order valence-corrected chi connectivity index (χ1v) is 6.68. The first kappa shape index (κ1) is 12.6. The second kappa shape index (κ2) is 4.90. The predicted molar refractivity (Wildman–Crippen MR) is 78.3 cm³/mol. The summed E-state index contributed by atoms with van der Waals surface area (Å²) in [5.41, 5.74) is 1.67. The van der Waals surface area contributed by atoms with Gasteiger partial charge in [-0.05, 0) is 30.3 Å². The van der Waals surface area contributed by atoms with Gasteiger partial charge in [0.25, 0.3) is 5.69 Å². The molecule has 20 heavy (non-hydrogen) atoms. The molecule has 0 aliphatic rings. The van der Waals surface area contributed by atoms with Gasteiger partial charge in [0.1, 0.15) is 10.8 Å². The molecule has 0 saturated heterocycles. The third-order valence-corrected chi connectivity index (χ3v) is 4.00. The van der Waals surface area contributed by atoms with Crippen LogP contribution in [0, 0.1) is 10.1 Å². The topological polar surface area (TPSA) is 65.3 Å². The van der Waals surface area contributed by atoms with Crippen LogP contribution in [-0.2, 0) is 0 Å². The number of non-ortho nitro benzene ring substituents is 1. The van der Waals surface area contributed by atoms with Gasteiger partial charge in [0.15, 0.2) is 0 Å². The van der Waals surface area contributed by atoms with Gasteiger partial charge < -0.3 is 4.74 Å². The molecular formula is C14H10N2O3S. The Morgan fingerprint density at radius 1 is 1.20 bits per heavy atom. The Hall–Kier alpha value is -2.47. The monoisotopic (exact) mass is 286 g/mol. The molecule has 6 heteroatoms. The molecule has 3 aromatic rings. The van der Waals surface area contributed by atoms with E-state index in [1.807, 2.05) is 24.3 Å². The number of nitrogens with zero attached hydrogens (tertiary/aromatic N) is 2. The highest BCUT2D eigenvalue weighted by Gasteiger charge is 2.11. The van der Waals surface area contributed by atoms with Gasteiger partial charge in [0.2, 0.25) is 0 Å². The number of nitro benzene ring substituents is 1. The van der Waals surface area contributed by atoms with Crippen molar-refractivity contribution in [1.82, 2.24) is 4.98 Å². The van der Waals surface area contributed by atoms with E-state index in [-0.39, 0.29) is 5.69 Å². The summed E-state index contributed by atoms with van der Waals surface area (Å²) in [6.45, 7) is 0. The SMILES string of the molecule is COc1ccc(-c2nc3cc([N+](=O)[O-])ccc3s2)cc1. The summed E-state index contributed by atoms with van der Waals surface area (Å²) in [5, 5.41) is 11.6. The number of hydrogen-bond donors (Lipinski definition) is 0. The van der Waals surface area contributed by atoms with Gasteiger partial charge in [-0.3, -0.25) is 10.1 Å². The van der Waals surface area contributed by atoms with Crippen LogP contribution >= 0.6 is 11.3 Å². The second-order valence-electron chi connectivity index (χ2n) is 4.16. The molecule has 1 heterocycles. The van der Waals surface area contributed by atoms with Crippen LogP contribution in [0.4, 0.5) is 5.69 Å². The van der Waals surface area contributed by atoms with Crippen molar-refractivity contribution in [3.8, 4) is 16.3 Å². The average Bonchev–Trinajstić information content (AvgIpc) is 2.90. The minimum Gasteiger partial charge on any atom is -0.497 e. The molecule has 5 nitrogen and oxygen atoms in total. The van der Waals surface area contributed by atoms with Crippen LogP contribution in [0.15, 0.2) is 42.5 Å². The highest BCUT2D eigenvalue weighted by atomic mass is 32.1. The third kappa shape index (κ3) is 2.21. The fourth-order valence-electron chi connectivity index (χ4n) is 1.89. The maximum atomic E-state index is 10.8. The Kier molecular flexibility index (Phi) is 3.08. The van der Waals surface area contributed by atoms with Gasteiger partial charge in [0.05, 0.1) is 22.2 Å². The van der Waals surface area contributed by atoms with Gasteiger partial charge in [-0.1, -0.05) is 0 Å². The molecule has 0 N–H and O–H groups in total. The molecule has 1 aromatic heterocycles. The van der Waals surface area contributed by atoms with Gasteiger partial charge in [-0.25, -0.2) is 4.98 Å². The van der Waals surface area contributed by atoms with E-state index in [4.69, 9.17) is 4.74 Å². The maximum absolute atomic E-state index is 10.8. The lowest BCUT2D eigenvalue weighted by atomic mass is 10.2. The zero-order valence-corrected chi connectivity index (χ0v) is 11.4. The molecule has 0 radical (unpaired) electrons. The van der Waals surface area contributed by atoms with Crippen LogP contribution in [0.1, 0.15) is 0 Å². The average molecular weight is 286 g/mol. The molecule has 0 aliphatic carbocycles. The van der Waals surface area contributed by atoms with Crippen molar-refractivity contribution >= 4 is 27.2 Å². The quantitative estimate of drug-likeness (QED) is 0.541. The van der Waals surface area contributed by atoms with E-state index < -0.39 is 4.92 Å². The van der Waals surface area contributed by atoms with Crippen LogP contribution in [0.3, 0.4) is 0 Å².